The molecule has 0 atom stereocenters. The van der Waals surface area contributed by atoms with Crippen LogP contribution in [-0.4, -0.2) is 55.0 Å². The molecule has 236 valence electrons. The van der Waals surface area contributed by atoms with E-state index in [1.165, 1.54) is 34.5 Å². The second kappa shape index (κ2) is 17.5. The minimum absolute atomic E-state index is 0. The van der Waals surface area contributed by atoms with Crippen molar-refractivity contribution >= 4 is 24.8 Å². The van der Waals surface area contributed by atoms with E-state index in [-0.39, 0.29) is 25.6 Å². The number of carbonyl (C=O) groups is 2. The molecule has 4 aromatic carbocycles. The molecule has 0 radical (unpaired) electrons. The summed E-state index contributed by atoms with van der Waals surface area (Å²) in [5.74, 6) is 0.634. The van der Waals surface area contributed by atoms with Crippen LogP contribution in [0.25, 0.3) is 0 Å². The quantitative estimate of drug-likeness (QED) is 0.117. The number of benzene rings is 4. The average Bonchev–Trinajstić information content (AvgIpc) is 3.10. The molecule has 0 bridgehead atoms. The van der Waals surface area contributed by atoms with Crippen molar-refractivity contribution in [1.29, 1.82) is 0 Å². The number of hydrogen-bond acceptors (Lipinski definition) is 5. The molecule has 7 heteroatoms. The number of ether oxygens (including phenoxy) is 1. The first-order valence-corrected chi connectivity index (χ1v) is 15.7. The second-order valence-corrected chi connectivity index (χ2v) is 11.6. The molecule has 0 spiro atoms. The molecule has 0 aromatic heterocycles. The maximum Gasteiger partial charge on any atom is 0.424 e. The van der Waals surface area contributed by atoms with Gasteiger partial charge in [0.25, 0.3) is 0 Å². The smallest absolute Gasteiger partial charge is 0.424 e. The molecule has 1 N–H and O–H groups in total. The Morgan fingerprint density at radius 1 is 0.822 bits per heavy atom. The Bertz CT molecular complexity index is 1380. The molecule has 1 amide bonds. The number of hydrazine groups is 1. The van der Waals surface area contributed by atoms with Gasteiger partial charge in [0.2, 0.25) is 0 Å². The van der Waals surface area contributed by atoms with E-state index >= 15 is 0 Å². The fraction of sp³-hybridized carbons (Fsp3) is 0.316. The highest BCUT2D eigenvalue weighted by atomic mass is 35.5. The van der Waals surface area contributed by atoms with E-state index in [1.54, 1.807) is 0 Å². The van der Waals surface area contributed by atoms with Crippen LogP contribution in [0.3, 0.4) is 0 Å². The zero-order valence-electron chi connectivity index (χ0n) is 25.8. The van der Waals surface area contributed by atoms with Crippen LogP contribution in [0.1, 0.15) is 53.9 Å². The van der Waals surface area contributed by atoms with Crippen molar-refractivity contribution < 1.29 is 14.3 Å². The summed E-state index contributed by atoms with van der Waals surface area (Å²) in [6, 6.07) is 41.4. The van der Waals surface area contributed by atoms with E-state index in [1.807, 2.05) is 42.5 Å². The lowest BCUT2D eigenvalue weighted by Gasteiger charge is -2.38. The molecule has 1 aliphatic heterocycles. The van der Waals surface area contributed by atoms with E-state index in [0.717, 1.165) is 44.3 Å². The zero-order valence-corrected chi connectivity index (χ0v) is 26.6. The molecular weight excluding hydrogens is 582 g/mol. The lowest BCUT2D eigenvalue weighted by atomic mass is 9.71. The van der Waals surface area contributed by atoms with E-state index in [9.17, 15) is 9.59 Å². The number of amides is 1. The van der Waals surface area contributed by atoms with E-state index < -0.39 is 11.5 Å². The normalized spacial score (nSPS) is 13.9. The van der Waals surface area contributed by atoms with Gasteiger partial charge in [0.15, 0.2) is 0 Å². The number of aldehydes is 1. The highest BCUT2D eigenvalue weighted by Gasteiger charge is 2.35. The molecule has 5 rings (SSSR count). The first kappa shape index (κ1) is 33.9. The molecule has 6 nitrogen and oxygen atoms in total. The summed E-state index contributed by atoms with van der Waals surface area (Å²) in [5.41, 5.74) is 7.58. The van der Waals surface area contributed by atoms with Crippen molar-refractivity contribution in [2.75, 3.05) is 32.7 Å². The largest absolute Gasteiger partial charge is 0.444 e. The molecule has 1 fully saturated rings. The van der Waals surface area contributed by atoms with Crippen LogP contribution < -0.4 is 5.43 Å². The number of carbonyl (C=O) groups excluding carboxylic acids is 2. The minimum Gasteiger partial charge on any atom is -0.444 e. The Labute approximate surface area is 273 Å². The van der Waals surface area contributed by atoms with E-state index in [4.69, 9.17) is 4.74 Å². The number of halogens is 1. The molecule has 1 heterocycles. The van der Waals surface area contributed by atoms with Crippen molar-refractivity contribution in [3.8, 4) is 0 Å². The number of piperidine rings is 1. The molecule has 0 saturated carbocycles. The fourth-order valence-corrected chi connectivity index (χ4v) is 6.39. The van der Waals surface area contributed by atoms with Gasteiger partial charge in [-0.2, -0.15) is 0 Å². The van der Waals surface area contributed by atoms with E-state index in [0.29, 0.717) is 12.5 Å². The first-order chi connectivity index (χ1) is 21.7. The molecule has 1 aliphatic rings. The van der Waals surface area contributed by atoms with Gasteiger partial charge in [0, 0.05) is 12.0 Å². The fourth-order valence-electron chi connectivity index (χ4n) is 6.39. The monoisotopic (exact) mass is 625 g/mol. The Morgan fingerprint density at radius 3 is 1.91 bits per heavy atom. The van der Waals surface area contributed by atoms with E-state index in [2.05, 4.69) is 89.2 Å². The van der Waals surface area contributed by atoms with Crippen molar-refractivity contribution in [1.82, 2.24) is 15.3 Å². The first-order valence-electron chi connectivity index (χ1n) is 15.7. The lowest BCUT2D eigenvalue weighted by Crippen LogP contribution is -2.51. The van der Waals surface area contributed by atoms with Gasteiger partial charge in [-0.15, -0.1) is 12.4 Å². The number of rotatable bonds is 14. The van der Waals surface area contributed by atoms with Gasteiger partial charge in [-0.05, 0) is 73.5 Å². The highest BCUT2D eigenvalue weighted by molar-refractivity contribution is 5.85. The molecule has 0 unspecified atom stereocenters. The summed E-state index contributed by atoms with van der Waals surface area (Å²) >= 11 is 0. The third-order valence-corrected chi connectivity index (χ3v) is 8.84. The summed E-state index contributed by atoms with van der Waals surface area (Å²) in [5, 5.41) is 1.30. The Hall–Kier alpha value is -3.97. The second-order valence-electron chi connectivity index (χ2n) is 11.6. The van der Waals surface area contributed by atoms with Crippen LogP contribution in [0.15, 0.2) is 121 Å². The number of hydrogen-bond donors (Lipinski definition) is 1. The molecular formula is C38H44ClN3O3. The predicted octanol–water partition coefficient (Wildman–Crippen LogP) is 7.40. The van der Waals surface area contributed by atoms with Crippen molar-refractivity contribution in [2.45, 2.75) is 43.6 Å². The number of nitrogens with one attached hydrogen (secondary N) is 1. The molecule has 4 aromatic rings. The summed E-state index contributed by atoms with van der Waals surface area (Å²) in [6.45, 7) is 3.68. The SMILES string of the molecule is Cl.O=CCN(NCC(CCCN1CCC(c2ccccc2)CC1)(c1ccccc1)c1ccccc1)C(=O)OCc1ccccc1. The Morgan fingerprint density at radius 2 is 1.36 bits per heavy atom. The van der Waals surface area contributed by atoms with Gasteiger partial charge in [-0.25, -0.2) is 15.2 Å². The van der Waals surface area contributed by atoms with Crippen LogP contribution in [0.5, 0.6) is 0 Å². The summed E-state index contributed by atoms with van der Waals surface area (Å²) in [6.07, 6.45) is 4.38. The van der Waals surface area contributed by atoms with Crippen molar-refractivity contribution in [3.63, 3.8) is 0 Å². The van der Waals surface area contributed by atoms with Crippen LogP contribution in [-0.2, 0) is 21.6 Å². The maximum atomic E-state index is 13.1. The van der Waals surface area contributed by atoms with Crippen LogP contribution >= 0.6 is 12.4 Å². The van der Waals surface area contributed by atoms with Crippen molar-refractivity contribution in [2.24, 2.45) is 0 Å². The predicted molar refractivity (Wildman–Crippen MR) is 182 cm³/mol. The summed E-state index contributed by atoms with van der Waals surface area (Å²) in [7, 11) is 0. The van der Waals surface area contributed by atoms with Crippen LogP contribution in [0.4, 0.5) is 4.79 Å². The van der Waals surface area contributed by atoms with Gasteiger partial charge in [0.1, 0.15) is 12.9 Å². The topological polar surface area (TPSA) is 61.9 Å². The van der Waals surface area contributed by atoms with Crippen molar-refractivity contribution in [3.05, 3.63) is 144 Å². The molecule has 0 aliphatic carbocycles. The lowest BCUT2D eigenvalue weighted by molar-refractivity contribution is -0.109. The molecule has 1 saturated heterocycles. The summed E-state index contributed by atoms with van der Waals surface area (Å²) < 4.78 is 5.58. The van der Waals surface area contributed by atoms with Gasteiger partial charge >= 0.3 is 6.09 Å². The van der Waals surface area contributed by atoms with Gasteiger partial charge < -0.3 is 14.4 Å². The van der Waals surface area contributed by atoms with Gasteiger partial charge in [-0.3, -0.25) is 0 Å². The average molecular weight is 626 g/mol. The zero-order chi connectivity index (χ0) is 30.5. The summed E-state index contributed by atoms with van der Waals surface area (Å²) in [4.78, 5) is 27.3. The standard InChI is InChI=1S/C38H43N3O3.ClH/c42-29-28-41(37(43)44-30-32-14-5-1-6-15-32)39-31-38(35-18-9-3-10-19-35,36-20-11-4-12-21-36)24-13-25-40-26-22-34(23-27-40)33-16-7-2-8-17-33;/h1-12,14-21,29,34,39H,13,22-28,30-31H2;1H. The third kappa shape index (κ3) is 9.27. The van der Waals surface area contributed by atoms with Gasteiger partial charge in [-0.1, -0.05) is 121 Å². The molecule has 45 heavy (non-hydrogen) atoms. The maximum absolute atomic E-state index is 13.1. The van der Waals surface area contributed by atoms with Crippen LogP contribution in [0.2, 0.25) is 0 Å². The Balaban J connectivity index is 0.00000461. The third-order valence-electron chi connectivity index (χ3n) is 8.84. The van der Waals surface area contributed by atoms with Gasteiger partial charge in [0.05, 0.1) is 6.54 Å². The highest BCUT2D eigenvalue weighted by Crippen LogP contribution is 2.37. The van der Waals surface area contributed by atoms with Crippen LogP contribution in [0, 0.1) is 0 Å². The number of nitrogens with zero attached hydrogens (tertiary/aromatic N) is 2. The number of likely N-dealkylation sites (tertiary alicyclic amines) is 1. The minimum atomic E-state index is -0.572. The Kier molecular flexibility index (Phi) is 13.2.